The van der Waals surface area contributed by atoms with Crippen LogP contribution in [0.15, 0.2) is 40.2 Å². The summed E-state index contributed by atoms with van der Waals surface area (Å²) in [6.45, 7) is 7.64. The average molecular weight is 366 g/mol. The van der Waals surface area contributed by atoms with Gasteiger partial charge >= 0.3 is 0 Å². The summed E-state index contributed by atoms with van der Waals surface area (Å²) in [6, 6.07) is 13.9. The number of hydrogen-bond donors (Lipinski definition) is 1. The van der Waals surface area contributed by atoms with E-state index in [9.17, 15) is 0 Å². The second-order valence-electron chi connectivity index (χ2n) is 6.03. The molecule has 3 heteroatoms. The van der Waals surface area contributed by atoms with Gasteiger partial charge < -0.3 is 5.32 Å². The van der Waals surface area contributed by atoms with Crippen LogP contribution < -0.4 is 5.32 Å². The molecule has 0 saturated heterocycles. The van der Waals surface area contributed by atoms with Crippen molar-refractivity contribution < 1.29 is 0 Å². The van der Waals surface area contributed by atoms with Gasteiger partial charge in [-0.05, 0) is 65.9 Å². The van der Waals surface area contributed by atoms with Gasteiger partial charge in [-0.2, -0.15) is 0 Å². The number of benzene rings is 1. The molecule has 1 unspecified atom stereocenters. The third-order valence-electron chi connectivity index (χ3n) is 3.58. The first-order valence-corrected chi connectivity index (χ1v) is 9.17. The fraction of sp³-hybridized carbons (Fsp3) is 0.444. The third kappa shape index (κ3) is 5.93. The Morgan fingerprint density at radius 1 is 1.05 bits per heavy atom. The third-order valence-corrected chi connectivity index (χ3v) is 5.22. The number of thiophene rings is 1. The first kappa shape index (κ1) is 16.7. The zero-order chi connectivity index (χ0) is 15.2. The number of nitrogens with one attached hydrogen (secondary N) is 1. The lowest BCUT2D eigenvalue weighted by Gasteiger charge is -2.19. The zero-order valence-electron chi connectivity index (χ0n) is 13.0. The molecule has 0 amide bonds. The maximum atomic E-state index is 3.60. The summed E-state index contributed by atoms with van der Waals surface area (Å²) >= 11 is 5.41. The van der Waals surface area contributed by atoms with E-state index in [4.69, 9.17) is 0 Å². The molecule has 114 valence electrons. The monoisotopic (exact) mass is 365 g/mol. The molecule has 1 atom stereocenters. The Labute approximate surface area is 140 Å². The van der Waals surface area contributed by atoms with Gasteiger partial charge in [-0.3, -0.25) is 0 Å². The Morgan fingerprint density at radius 3 is 2.33 bits per heavy atom. The number of halogens is 1. The van der Waals surface area contributed by atoms with Crippen LogP contribution in [-0.2, 0) is 12.8 Å². The Kier molecular flexibility index (Phi) is 6.46. The molecule has 2 rings (SSSR count). The van der Waals surface area contributed by atoms with Crippen molar-refractivity contribution >= 4 is 27.3 Å². The molecule has 21 heavy (non-hydrogen) atoms. The van der Waals surface area contributed by atoms with Crippen LogP contribution >= 0.6 is 27.3 Å². The lowest BCUT2D eigenvalue weighted by atomic mass is 9.94. The molecular formula is C18H24BrNS. The topological polar surface area (TPSA) is 12.0 Å². The molecule has 0 saturated carbocycles. The minimum atomic E-state index is 0.542. The summed E-state index contributed by atoms with van der Waals surface area (Å²) in [6.07, 6.45) is 2.28. The van der Waals surface area contributed by atoms with Gasteiger partial charge in [0.2, 0.25) is 0 Å². The SMILES string of the molecule is Cc1ccc(CC(CNC(C)C)Cc2ccc(Br)s2)cc1. The van der Waals surface area contributed by atoms with E-state index in [0.717, 1.165) is 19.4 Å². The molecule has 1 aromatic heterocycles. The predicted octanol–water partition coefficient (Wildman–Crippen LogP) is 5.22. The summed E-state index contributed by atoms with van der Waals surface area (Å²) in [4.78, 5) is 1.46. The normalized spacial score (nSPS) is 12.8. The van der Waals surface area contributed by atoms with Crippen LogP contribution in [0.3, 0.4) is 0 Å². The number of hydrogen-bond acceptors (Lipinski definition) is 2. The zero-order valence-corrected chi connectivity index (χ0v) is 15.4. The number of rotatable bonds is 7. The molecule has 0 radical (unpaired) electrons. The first-order chi connectivity index (χ1) is 10.0. The summed E-state index contributed by atoms with van der Waals surface area (Å²) in [5, 5.41) is 3.60. The van der Waals surface area contributed by atoms with Gasteiger partial charge in [0.1, 0.15) is 0 Å². The largest absolute Gasteiger partial charge is 0.314 e. The van der Waals surface area contributed by atoms with Crippen molar-refractivity contribution in [3.8, 4) is 0 Å². The van der Waals surface area contributed by atoms with E-state index in [2.05, 4.69) is 78.4 Å². The Bertz CT molecular complexity index is 545. The van der Waals surface area contributed by atoms with Gasteiger partial charge in [-0.25, -0.2) is 0 Å². The Hall–Kier alpha value is -0.640. The van der Waals surface area contributed by atoms with Crippen molar-refractivity contribution in [1.29, 1.82) is 0 Å². The van der Waals surface area contributed by atoms with E-state index >= 15 is 0 Å². The van der Waals surface area contributed by atoms with E-state index in [1.807, 2.05) is 11.3 Å². The molecule has 2 aromatic rings. The second-order valence-corrected chi connectivity index (χ2v) is 8.58. The molecule has 1 aromatic carbocycles. The first-order valence-electron chi connectivity index (χ1n) is 7.56. The van der Waals surface area contributed by atoms with Crippen LogP contribution in [-0.4, -0.2) is 12.6 Å². The summed E-state index contributed by atoms with van der Waals surface area (Å²) in [7, 11) is 0. The summed E-state index contributed by atoms with van der Waals surface area (Å²) in [5.74, 6) is 0.639. The molecule has 0 aliphatic heterocycles. The second kappa shape index (κ2) is 8.11. The smallest absolute Gasteiger partial charge is 0.0701 e. The minimum Gasteiger partial charge on any atom is -0.314 e. The summed E-state index contributed by atoms with van der Waals surface area (Å²) < 4.78 is 1.23. The molecule has 0 fully saturated rings. The standard InChI is InChI=1S/C18H24BrNS/c1-13(2)20-12-16(11-17-8-9-18(19)21-17)10-15-6-4-14(3)5-7-15/h4-9,13,16,20H,10-12H2,1-3H3. The van der Waals surface area contributed by atoms with E-state index in [0.29, 0.717) is 12.0 Å². The molecular weight excluding hydrogens is 342 g/mol. The molecule has 0 aliphatic carbocycles. The van der Waals surface area contributed by atoms with Crippen molar-refractivity contribution in [3.63, 3.8) is 0 Å². The quantitative estimate of drug-likeness (QED) is 0.709. The Balaban J connectivity index is 2.02. The van der Waals surface area contributed by atoms with Crippen LogP contribution in [0.2, 0.25) is 0 Å². The Morgan fingerprint density at radius 2 is 1.76 bits per heavy atom. The highest BCUT2D eigenvalue weighted by Crippen LogP contribution is 2.25. The van der Waals surface area contributed by atoms with Gasteiger partial charge in [0.05, 0.1) is 3.79 Å². The van der Waals surface area contributed by atoms with Crippen molar-refractivity contribution in [1.82, 2.24) is 5.32 Å². The maximum Gasteiger partial charge on any atom is 0.0701 e. The maximum absolute atomic E-state index is 3.60. The highest BCUT2D eigenvalue weighted by Gasteiger charge is 2.13. The summed E-state index contributed by atoms with van der Waals surface area (Å²) in [5.41, 5.74) is 2.77. The molecule has 1 N–H and O–H groups in total. The van der Waals surface area contributed by atoms with Crippen LogP contribution in [0.4, 0.5) is 0 Å². The minimum absolute atomic E-state index is 0.542. The van der Waals surface area contributed by atoms with Crippen LogP contribution in [0.1, 0.15) is 29.9 Å². The van der Waals surface area contributed by atoms with E-state index in [1.165, 1.54) is 19.8 Å². The van der Waals surface area contributed by atoms with Gasteiger partial charge in [0.25, 0.3) is 0 Å². The lowest BCUT2D eigenvalue weighted by molar-refractivity contribution is 0.446. The highest BCUT2D eigenvalue weighted by atomic mass is 79.9. The van der Waals surface area contributed by atoms with Crippen molar-refractivity contribution in [2.45, 2.75) is 39.7 Å². The van der Waals surface area contributed by atoms with Crippen LogP contribution in [0, 0.1) is 12.8 Å². The van der Waals surface area contributed by atoms with Crippen LogP contribution in [0.25, 0.3) is 0 Å². The van der Waals surface area contributed by atoms with E-state index < -0.39 is 0 Å². The van der Waals surface area contributed by atoms with Gasteiger partial charge in [-0.15, -0.1) is 11.3 Å². The van der Waals surface area contributed by atoms with E-state index in [1.54, 1.807) is 0 Å². The molecule has 1 nitrogen and oxygen atoms in total. The van der Waals surface area contributed by atoms with Crippen molar-refractivity contribution in [2.24, 2.45) is 5.92 Å². The highest BCUT2D eigenvalue weighted by molar-refractivity contribution is 9.11. The van der Waals surface area contributed by atoms with E-state index in [-0.39, 0.29) is 0 Å². The molecule has 0 aliphatic rings. The molecule has 0 spiro atoms. The number of aryl methyl sites for hydroxylation is 1. The van der Waals surface area contributed by atoms with Crippen molar-refractivity contribution in [2.75, 3.05) is 6.54 Å². The van der Waals surface area contributed by atoms with Gasteiger partial charge in [0, 0.05) is 10.9 Å². The molecule has 1 heterocycles. The van der Waals surface area contributed by atoms with Crippen LogP contribution in [0.5, 0.6) is 0 Å². The van der Waals surface area contributed by atoms with Gasteiger partial charge in [-0.1, -0.05) is 43.7 Å². The predicted molar refractivity (Wildman–Crippen MR) is 97.2 cm³/mol. The van der Waals surface area contributed by atoms with Gasteiger partial charge in [0.15, 0.2) is 0 Å². The van der Waals surface area contributed by atoms with Crippen molar-refractivity contribution in [3.05, 3.63) is 56.2 Å². The fourth-order valence-electron chi connectivity index (χ4n) is 2.42. The fourth-order valence-corrected chi connectivity index (χ4v) is 4.02. The molecule has 0 bridgehead atoms. The lowest BCUT2D eigenvalue weighted by Crippen LogP contribution is -2.30. The average Bonchev–Trinajstić information content (AvgIpc) is 2.84.